The van der Waals surface area contributed by atoms with Crippen LogP contribution in [0.15, 0.2) is 6.20 Å². The highest BCUT2D eigenvalue weighted by molar-refractivity contribution is 6.63. The maximum Gasteiger partial charge on any atom is 0.226 e. The molecule has 11 heavy (non-hydrogen) atoms. The van der Waals surface area contributed by atoms with E-state index in [1.165, 1.54) is 0 Å². The molecule has 0 saturated carbocycles. The summed E-state index contributed by atoms with van der Waals surface area (Å²) in [5.41, 5.74) is 1.76. The van der Waals surface area contributed by atoms with Gasteiger partial charge in [-0.15, -0.1) is 0 Å². The van der Waals surface area contributed by atoms with Crippen LogP contribution in [0.25, 0.3) is 0 Å². The van der Waals surface area contributed by atoms with Crippen LogP contribution in [0.3, 0.4) is 0 Å². The molecule has 3 nitrogen and oxygen atoms in total. The van der Waals surface area contributed by atoms with Crippen LogP contribution in [0.5, 0.6) is 0 Å². The molecule has 4 heteroatoms. The average molecular weight is 173 g/mol. The van der Waals surface area contributed by atoms with E-state index in [0.29, 0.717) is 0 Å². The Labute approximate surface area is 70.0 Å². The van der Waals surface area contributed by atoms with Gasteiger partial charge in [0.05, 0.1) is 12.1 Å². The van der Waals surface area contributed by atoms with Gasteiger partial charge in [-0.3, -0.25) is 9.48 Å². The van der Waals surface area contributed by atoms with E-state index in [4.69, 9.17) is 11.6 Å². The molecule has 1 heterocycles. The minimum absolute atomic E-state index is 0.265. The molecule has 1 aromatic rings. The molecular formula is C7H9ClN2O. The van der Waals surface area contributed by atoms with Crippen molar-refractivity contribution in [1.29, 1.82) is 0 Å². The molecule has 0 N–H and O–H groups in total. The van der Waals surface area contributed by atoms with Gasteiger partial charge in [-0.1, -0.05) is 0 Å². The third-order valence-corrected chi connectivity index (χ3v) is 1.58. The number of carbonyl (C=O) groups excluding carboxylic acids is 1. The van der Waals surface area contributed by atoms with Gasteiger partial charge in [0, 0.05) is 18.8 Å². The molecule has 0 saturated heterocycles. The lowest BCUT2D eigenvalue weighted by Gasteiger charge is -1.88. The fourth-order valence-corrected chi connectivity index (χ4v) is 1.12. The van der Waals surface area contributed by atoms with Crippen molar-refractivity contribution in [2.75, 3.05) is 0 Å². The summed E-state index contributed by atoms with van der Waals surface area (Å²) in [5.74, 6) is 0. The number of hydrogen-bond acceptors (Lipinski definition) is 2. The van der Waals surface area contributed by atoms with E-state index in [0.717, 1.165) is 11.3 Å². The van der Waals surface area contributed by atoms with Crippen molar-refractivity contribution in [3.8, 4) is 0 Å². The van der Waals surface area contributed by atoms with Crippen LogP contribution in [-0.2, 0) is 18.3 Å². The first-order chi connectivity index (χ1) is 5.09. The molecule has 0 spiro atoms. The third kappa shape index (κ3) is 2.05. The molecule has 0 aliphatic heterocycles. The van der Waals surface area contributed by atoms with Gasteiger partial charge in [0.2, 0.25) is 5.24 Å². The molecular weight excluding hydrogens is 164 g/mol. The first-order valence-electron chi connectivity index (χ1n) is 3.27. The van der Waals surface area contributed by atoms with E-state index in [1.54, 1.807) is 10.9 Å². The van der Waals surface area contributed by atoms with Gasteiger partial charge in [0.15, 0.2) is 0 Å². The number of aromatic nitrogens is 2. The lowest BCUT2D eigenvalue weighted by Crippen LogP contribution is -1.93. The molecule has 0 unspecified atom stereocenters. The molecule has 0 radical (unpaired) electrons. The van der Waals surface area contributed by atoms with Crippen LogP contribution in [0.4, 0.5) is 0 Å². The number of aryl methyl sites for hydroxylation is 2. The highest BCUT2D eigenvalue weighted by atomic mass is 35.5. The molecule has 0 aromatic carbocycles. The highest BCUT2D eigenvalue weighted by Crippen LogP contribution is 2.06. The topological polar surface area (TPSA) is 34.9 Å². The molecule has 60 valence electrons. The van der Waals surface area contributed by atoms with Crippen molar-refractivity contribution in [1.82, 2.24) is 9.78 Å². The second-order valence-electron chi connectivity index (χ2n) is 2.45. The Balaban J connectivity index is 2.85. The summed E-state index contributed by atoms with van der Waals surface area (Å²) in [6, 6.07) is 0. The van der Waals surface area contributed by atoms with Crippen molar-refractivity contribution in [3.63, 3.8) is 0 Å². The van der Waals surface area contributed by atoms with E-state index in [-0.39, 0.29) is 11.7 Å². The third-order valence-electron chi connectivity index (χ3n) is 1.44. The van der Waals surface area contributed by atoms with Crippen LogP contribution in [-0.4, -0.2) is 15.0 Å². The van der Waals surface area contributed by atoms with Crippen molar-refractivity contribution in [2.45, 2.75) is 13.3 Å². The molecule has 0 fully saturated rings. The van der Waals surface area contributed by atoms with Gasteiger partial charge >= 0.3 is 0 Å². The lowest BCUT2D eigenvalue weighted by atomic mass is 10.2. The van der Waals surface area contributed by atoms with Crippen molar-refractivity contribution < 1.29 is 4.79 Å². The van der Waals surface area contributed by atoms with Crippen LogP contribution in [0.1, 0.15) is 11.3 Å². The van der Waals surface area contributed by atoms with Crippen molar-refractivity contribution >= 4 is 16.8 Å². The summed E-state index contributed by atoms with van der Waals surface area (Å²) in [7, 11) is 1.81. The van der Waals surface area contributed by atoms with Crippen LogP contribution in [0, 0.1) is 6.92 Å². The highest BCUT2D eigenvalue weighted by Gasteiger charge is 2.05. The normalized spacial score (nSPS) is 10.1. The van der Waals surface area contributed by atoms with Crippen LogP contribution < -0.4 is 0 Å². The van der Waals surface area contributed by atoms with Gasteiger partial charge in [-0.2, -0.15) is 5.10 Å². The van der Waals surface area contributed by atoms with Gasteiger partial charge in [0.1, 0.15) is 0 Å². The molecule has 1 aromatic heterocycles. The Morgan fingerprint density at radius 2 is 2.45 bits per heavy atom. The zero-order valence-electron chi connectivity index (χ0n) is 6.47. The molecule has 0 aliphatic rings. The SMILES string of the molecule is Cc1nn(C)cc1CC(=O)Cl. The monoisotopic (exact) mass is 172 g/mol. The Morgan fingerprint density at radius 3 is 2.82 bits per heavy atom. The Bertz CT molecular complexity index is 280. The molecule has 1 rings (SSSR count). The van der Waals surface area contributed by atoms with Crippen LogP contribution >= 0.6 is 11.6 Å². The number of halogens is 1. The van der Waals surface area contributed by atoms with E-state index in [1.807, 2.05) is 14.0 Å². The van der Waals surface area contributed by atoms with E-state index in [2.05, 4.69) is 5.10 Å². The molecule has 0 atom stereocenters. The number of nitrogens with zero attached hydrogens (tertiary/aromatic N) is 2. The van der Waals surface area contributed by atoms with Crippen LogP contribution in [0.2, 0.25) is 0 Å². The zero-order chi connectivity index (χ0) is 8.43. The van der Waals surface area contributed by atoms with Gasteiger partial charge in [-0.05, 0) is 18.5 Å². The maximum atomic E-state index is 10.5. The van der Waals surface area contributed by atoms with Crippen molar-refractivity contribution in [3.05, 3.63) is 17.5 Å². The number of carbonyl (C=O) groups is 1. The molecule has 0 bridgehead atoms. The predicted octanol–water partition coefficient (Wildman–Crippen LogP) is 1.04. The molecule has 0 amide bonds. The predicted molar refractivity (Wildman–Crippen MR) is 42.5 cm³/mol. The van der Waals surface area contributed by atoms with E-state index < -0.39 is 0 Å². The van der Waals surface area contributed by atoms with Gasteiger partial charge in [0.25, 0.3) is 0 Å². The average Bonchev–Trinajstić information content (AvgIpc) is 2.09. The van der Waals surface area contributed by atoms with E-state index >= 15 is 0 Å². The summed E-state index contributed by atoms with van der Waals surface area (Å²) in [6.07, 6.45) is 2.07. The first-order valence-corrected chi connectivity index (χ1v) is 3.65. The zero-order valence-corrected chi connectivity index (χ0v) is 7.22. The Morgan fingerprint density at radius 1 is 1.82 bits per heavy atom. The fourth-order valence-electron chi connectivity index (χ4n) is 0.972. The van der Waals surface area contributed by atoms with Gasteiger partial charge < -0.3 is 0 Å². The summed E-state index contributed by atoms with van der Waals surface area (Å²) in [6.45, 7) is 1.86. The largest absolute Gasteiger partial charge is 0.281 e. The number of rotatable bonds is 2. The summed E-state index contributed by atoms with van der Waals surface area (Å²) >= 11 is 5.22. The maximum absolute atomic E-state index is 10.5. The standard InChI is InChI=1S/C7H9ClN2O/c1-5-6(3-7(8)11)4-10(2)9-5/h4H,3H2,1-2H3. The quantitative estimate of drug-likeness (QED) is 0.625. The Hall–Kier alpha value is -0.830. The second-order valence-corrected chi connectivity index (χ2v) is 2.87. The number of hydrogen-bond donors (Lipinski definition) is 0. The summed E-state index contributed by atoms with van der Waals surface area (Å²) < 4.78 is 1.67. The smallest absolute Gasteiger partial charge is 0.226 e. The van der Waals surface area contributed by atoms with Gasteiger partial charge in [-0.25, -0.2) is 0 Å². The summed E-state index contributed by atoms with van der Waals surface area (Å²) in [5, 5.41) is 3.72. The minimum atomic E-state index is -0.346. The molecule has 0 aliphatic carbocycles. The second kappa shape index (κ2) is 3.05. The lowest BCUT2D eigenvalue weighted by molar-refractivity contribution is -0.111. The van der Waals surface area contributed by atoms with Crippen molar-refractivity contribution in [2.24, 2.45) is 7.05 Å². The minimum Gasteiger partial charge on any atom is -0.281 e. The first kappa shape index (κ1) is 8.27. The summed E-state index contributed by atoms with van der Waals surface area (Å²) in [4.78, 5) is 10.5. The Kier molecular flexibility index (Phi) is 2.29. The van der Waals surface area contributed by atoms with E-state index in [9.17, 15) is 4.79 Å². The fraction of sp³-hybridized carbons (Fsp3) is 0.429.